The van der Waals surface area contributed by atoms with E-state index in [0.29, 0.717) is 5.56 Å². The molecule has 134 valence electrons. The van der Waals surface area contributed by atoms with Crippen LogP contribution < -0.4 is 4.74 Å². The van der Waals surface area contributed by atoms with Crippen LogP contribution in [0.15, 0.2) is 30.3 Å². The maximum absolute atomic E-state index is 12.7. The Kier molecular flexibility index (Phi) is 6.81. The molecule has 0 bridgehead atoms. The van der Waals surface area contributed by atoms with E-state index in [9.17, 15) is 4.79 Å². The molecule has 0 saturated heterocycles. The number of hydrogen-bond acceptors (Lipinski definition) is 2. The van der Waals surface area contributed by atoms with Crippen molar-refractivity contribution in [1.29, 1.82) is 0 Å². The van der Waals surface area contributed by atoms with Gasteiger partial charge in [-0.15, -0.1) is 0 Å². The zero-order valence-electron chi connectivity index (χ0n) is 16.2. The summed E-state index contributed by atoms with van der Waals surface area (Å²) in [6.45, 7) is 10.9. The topological polar surface area (TPSA) is 26.3 Å². The number of rotatable bonds is 7. The second-order valence-corrected chi connectivity index (χ2v) is 6.25. The first-order valence-corrected chi connectivity index (χ1v) is 9.58. The van der Waals surface area contributed by atoms with Crippen molar-refractivity contribution in [3.8, 4) is 5.75 Å². The molecule has 0 radical (unpaired) electrons. The summed E-state index contributed by atoms with van der Waals surface area (Å²) in [7, 11) is 0. The largest absolute Gasteiger partial charge is 0.422 e. The van der Waals surface area contributed by atoms with Gasteiger partial charge in [-0.25, -0.2) is 4.79 Å². The van der Waals surface area contributed by atoms with Gasteiger partial charge in [-0.3, -0.25) is 0 Å². The van der Waals surface area contributed by atoms with Gasteiger partial charge in [-0.05, 0) is 72.1 Å². The van der Waals surface area contributed by atoms with Crippen molar-refractivity contribution in [2.75, 3.05) is 0 Å². The molecular formula is C23H30O2. The van der Waals surface area contributed by atoms with E-state index in [2.05, 4.69) is 34.6 Å². The summed E-state index contributed by atoms with van der Waals surface area (Å²) in [6, 6.07) is 9.26. The molecule has 25 heavy (non-hydrogen) atoms. The van der Waals surface area contributed by atoms with E-state index in [4.69, 9.17) is 4.74 Å². The minimum atomic E-state index is -0.265. The molecule has 2 heteroatoms. The van der Waals surface area contributed by atoms with Crippen molar-refractivity contribution in [3.05, 3.63) is 63.7 Å². The highest BCUT2D eigenvalue weighted by Crippen LogP contribution is 2.37. The zero-order chi connectivity index (χ0) is 18.4. The highest BCUT2D eigenvalue weighted by molar-refractivity contribution is 5.91. The van der Waals surface area contributed by atoms with Crippen molar-refractivity contribution in [3.63, 3.8) is 0 Å². The molecule has 0 saturated carbocycles. The van der Waals surface area contributed by atoms with Crippen LogP contribution in [-0.4, -0.2) is 5.97 Å². The predicted octanol–water partition coefficient (Wildman–Crippen LogP) is 5.72. The predicted molar refractivity (Wildman–Crippen MR) is 105 cm³/mol. The fourth-order valence-electron chi connectivity index (χ4n) is 3.88. The summed E-state index contributed by atoms with van der Waals surface area (Å²) < 4.78 is 5.99. The molecular weight excluding hydrogens is 308 g/mol. The average Bonchev–Trinajstić information content (AvgIpc) is 2.66. The number of esters is 1. The molecule has 0 unspecified atom stereocenters. The van der Waals surface area contributed by atoms with E-state index in [1.54, 1.807) is 12.1 Å². The Morgan fingerprint density at radius 1 is 0.680 bits per heavy atom. The van der Waals surface area contributed by atoms with E-state index in [0.717, 1.165) is 37.9 Å². The maximum atomic E-state index is 12.7. The lowest BCUT2D eigenvalue weighted by molar-refractivity contribution is 0.0731. The van der Waals surface area contributed by atoms with Crippen LogP contribution in [0.2, 0.25) is 0 Å². The third kappa shape index (κ3) is 3.78. The van der Waals surface area contributed by atoms with E-state index >= 15 is 0 Å². The molecule has 2 rings (SSSR count). The molecule has 0 aliphatic carbocycles. The molecule has 0 aliphatic rings. The second kappa shape index (κ2) is 8.84. The lowest BCUT2D eigenvalue weighted by Gasteiger charge is -2.24. The molecule has 0 atom stereocenters. The molecule has 0 heterocycles. The van der Waals surface area contributed by atoms with Crippen LogP contribution in [0.3, 0.4) is 0 Å². The zero-order valence-corrected chi connectivity index (χ0v) is 16.2. The summed E-state index contributed by atoms with van der Waals surface area (Å²) in [5.41, 5.74) is 7.21. The van der Waals surface area contributed by atoms with Gasteiger partial charge in [-0.1, -0.05) is 52.8 Å². The van der Waals surface area contributed by atoms with Gasteiger partial charge in [0.05, 0.1) is 5.56 Å². The Morgan fingerprint density at radius 3 is 1.48 bits per heavy atom. The number of carbonyl (C=O) groups is 1. The first kappa shape index (κ1) is 19.2. The van der Waals surface area contributed by atoms with Gasteiger partial charge < -0.3 is 4.74 Å². The summed E-state index contributed by atoms with van der Waals surface area (Å²) in [6.07, 6.45) is 4.73. The quantitative estimate of drug-likeness (QED) is 0.477. The number of carbonyl (C=O) groups excluding carboxylic acids is 1. The summed E-state index contributed by atoms with van der Waals surface area (Å²) in [5, 5.41) is 0. The van der Waals surface area contributed by atoms with E-state index in [1.807, 2.05) is 18.2 Å². The van der Waals surface area contributed by atoms with Crippen molar-refractivity contribution in [2.24, 2.45) is 0 Å². The third-order valence-corrected chi connectivity index (χ3v) is 4.98. The van der Waals surface area contributed by atoms with Crippen molar-refractivity contribution >= 4 is 5.97 Å². The van der Waals surface area contributed by atoms with Gasteiger partial charge in [0.25, 0.3) is 0 Å². The van der Waals surface area contributed by atoms with Gasteiger partial charge in [0, 0.05) is 0 Å². The second-order valence-electron chi connectivity index (χ2n) is 6.25. The molecule has 0 spiro atoms. The standard InChI is InChI=1S/C23H30O2/c1-6-17-18(7-2)20(9-4)22(21(10-5)19(17)8-3)25-23(24)16-14-12-11-13-15-16/h11-15H,6-10H2,1-5H3. The molecule has 0 aromatic heterocycles. The van der Waals surface area contributed by atoms with Gasteiger partial charge in [0.1, 0.15) is 5.75 Å². The lowest BCUT2D eigenvalue weighted by atomic mass is 9.85. The number of ether oxygens (including phenoxy) is 1. The molecule has 0 N–H and O–H groups in total. The lowest BCUT2D eigenvalue weighted by Crippen LogP contribution is -2.15. The van der Waals surface area contributed by atoms with Crippen molar-refractivity contribution in [2.45, 2.75) is 66.7 Å². The Bertz CT molecular complexity index is 696. The van der Waals surface area contributed by atoms with E-state index in [1.165, 1.54) is 27.8 Å². The van der Waals surface area contributed by atoms with Gasteiger partial charge in [-0.2, -0.15) is 0 Å². The average molecular weight is 338 g/mol. The smallest absolute Gasteiger partial charge is 0.343 e. The van der Waals surface area contributed by atoms with Crippen molar-refractivity contribution < 1.29 is 9.53 Å². The minimum absolute atomic E-state index is 0.265. The molecule has 2 aromatic carbocycles. The molecule has 0 fully saturated rings. The SMILES string of the molecule is CCc1c(CC)c(CC)c(OC(=O)c2ccccc2)c(CC)c1CC. The van der Waals surface area contributed by atoms with E-state index < -0.39 is 0 Å². The van der Waals surface area contributed by atoms with Crippen LogP contribution in [0, 0.1) is 0 Å². The maximum Gasteiger partial charge on any atom is 0.343 e. The van der Waals surface area contributed by atoms with Gasteiger partial charge in [0.2, 0.25) is 0 Å². The fraction of sp³-hybridized carbons (Fsp3) is 0.435. The molecule has 0 aliphatic heterocycles. The third-order valence-electron chi connectivity index (χ3n) is 4.98. The first-order valence-electron chi connectivity index (χ1n) is 9.58. The van der Waals surface area contributed by atoms with Gasteiger partial charge in [0.15, 0.2) is 0 Å². The van der Waals surface area contributed by atoms with Crippen LogP contribution in [0.5, 0.6) is 5.75 Å². The number of hydrogen-bond donors (Lipinski definition) is 0. The molecule has 2 nitrogen and oxygen atoms in total. The summed E-state index contributed by atoms with van der Waals surface area (Å²) in [5.74, 6) is 0.545. The van der Waals surface area contributed by atoms with Gasteiger partial charge >= 0.3 is 5.97 Å². The Labute approximate surface area is 152 Å². The van der Waals surface area contributed by atoms with Crippen LogP contribution in [-0.2, 0) is 32.1 Å². The van der Waals surface area contributed by atoms with Crippen LogP contribution in [0.4, 0.5) is 0 Å². The molecule has 2 aromatic rings. The van der Waals surface area contributed by atoms with Crippen LogP contribution in [0.1, 0.15) is 72.8 Å². The minimum Gasteiger partial charge on any atom is -0.422 e. The Balaban J connectivity index is 2.64. The van der Waals surface area contributed by atoms with E-state index in [-0.39, 0.29) is 5.97 Å². The normalized spacial score (nSPS) is 10.8. The Hall–Kier alpha value is -2.09. The monoisotopic (exact) mass is 338 g/mol. The summed E-state index contributed by atoms with van der Waals surface area (Å²) >= 11 is 0. The highest BCUT2D eigenvalue weighted by Gasteiger charge is 2.23. The van der Waals surface area contributed by atoms with Crippen molar-refractivity contribution in [1.82, 2.24) is 0 Å². The highest BCUT2D eigenvalue weighted by atomic mass is 16.5. The van der Waals surface area contributed by atoms with Crippen LogP contribution >= 0.6 is 0 Å². The first-order chi connectivity index (χ1) is 12.1. The fourth-order valence-corrected chi connectivity index (χ4v) is 3.88. The number of benzene rings is 2. The summed E-state index contributed by atoms with van der Waals surface area (Å²) in [4.78, 5) is 12.7. The molecule has 0 amide bonds. The van der Waals surface area contributed by atoms with Crippen LogP contribution in [0.25, 0.3) is 0 Å². The Morgan fingerprint density at radius 2 is 1.08 bits per heavy atom.